The summed E-state index contributed by atoms with van der Waals surface area (Å²) in [6, 6.07) is 22.6. The largest absolute Gasteiger partial charge is 0.449 e. The highest BCUT2D eigenvalue weighted by molar-refractivity contribution is 5.95. The summed E-state index contributed by atoms with van der Waals surface area (Å²) in [7, 11) is 0. The molecule has 1 aliphatic rings. The topological polar surface area (TPSA) is 18.5 Å². The lowest BCUT2D eigenvalue weighted by Gasteiger charge is -2.23. The minimum absolute atomic E-state index is 0.769. The Labute approximate surface area is 133 Å². The number of aryl methyl sites for hydroxylation is 1. The first-order valence-corrected chi connectivity index (χ1v) is 7.70. The van der Waals surface area contributed by atoms with E-state index in [4.69, 9.17) is 9.47 Å². The zero-order chi connectivity index (χ0) is 15.4. The summed E-state index contributed by atoms with van der Waals surface area (Å²) in [5.74, 6) is 3.12. The Balaban J connectivity index is 1.77. The molecule has 0 saturated carbocycles. The first-order chi connectivity index (χ1) is 11.3. The second-order valence-corrected chi connectivity index (χ2v) is 5.92. The summed E-state index contributed by atoms with van der Waals surface area (Å²) in [6.07, 6.45) is 0. The van der Waals surface area contributed by atoms with E-state index in [1.54, 1.807) is 0 Å². The molecule has 0 atom stereocenters. The third kappa shape index (κ3) is 1.82. The fourth-order valence-corrected chi connectivity index (χ4v) is 3.27. The van der Waals surface area contributed by atoms with Gasteiger partial charge in [0.05, 0.1) is 0 Å². The SMILES string of the molecule is Cc1cc2c(c3ccccc13)Oc1cc3ccccc3cc1O2. The van der Waals surface area contributed by atoms with Gasteiger partial charge >= 0.3 is 0 Å². The van der Waals surface area contributed by atoms with Crippen molar-refractivity contribution in [2.24, 2.45) is 0 Å². The number of ether oxygens (including phenoxy) is 2. The zero-order valence-corrected chi connectivity index (χ0v) is 12.7. The van der Waals surface area contributed by atoms with Crippen molar-refractivity contribution in [1.82, 2.24) is 0 Å². The van der Waals surface area contributed by atoms with Gasteiger partial charge in [0.25, 0.3) is 0 Å². The van der Waals surface area contributed by atoms with Gasteiger partial charge in [-0.3, -0.25) is 0 Å². The van der Waals surface area contributed by atoms with Crippen molar-refractivity contribution in [3.63, 3.8) is 0 Å². The van der Waals surface area contributed by atoms with Crippen molar-refractivity contribution in [2.45, 2.75) is 6.92 Å². The van der Waals surface area contributed by atoms with Crippen LogP contribution in [0.3, 0.4) is 0 Å². The van der Waals surface area contributed by atoms with E-state index in [1.165, 1.54) is 10.9 Å². The van der Waals surface area contributed by atoms with E-state index in [1.807, 2.05) is 36.4 Å². The summed E-state index contributed by atoms with van der Waals surface area (Å²) in [6.45, 7) is 2.10. The molecule has 2 heteroatoms. The maximum Gasteiger partial charge on any atom is 0.177 e. The number of fused-ring (bicyclic) bond motifs is 5. The van der Waals surface area contributed by atoms with Crippen LogP contribution in [0.4, 0.5) is 0 Å². The maximum absolute atomic E-state index is 6.23. The predicted molar refractivity (Wildman–Crippen MR) is 92.8 cm³/mol. The Morgan fingerprint density at radius 3 is 1.96 bits per heavy atom. The standard InChI is InChI=1S/C21H14O2/c1-13-10-20-21(17-9-5-4-8-16(13)17)23-19-12-15-7-3-2-6-14(15)11-18(19)22-20/h2-12H,1H3. The van der Waals surface area contributed by atoms with E-state index in [9.17, 15) is 0 Å². The molecule has 0 bridgehead atoms. The smallest absolute Gasteiger partial charge is 0.177 e. The molecule has 0 amide bonds. The van der Waals surface area contributed by atoms with Crippen molar-refractivity contribution in [2.75, 3.05) is 0 Å². The fourth-order valence-electron chi connectivity index (χ4n) is 3.27. The van der Waals surface area contributed by atoms with Crippen molar-refractivity contribution in [3.05, 3.63) is 72.3 Å². The van der Waals surface area contributed by atoms with E-state index in [0.29, 0.717) is 0 Å². The second kappa shape index (κ2) is 4.50. The van der Waals surface area contributed by atoms with Gasteiger partial charge in [-0.15, -0.1) is 0 Å². The highest BCUT2D eigenvalue weighted by Crippen LogP contribution is 2.50. The molecule has 4 aromatic rings. The van der Waals surface area contributed by atoms with Crippen molar-refractivity contribution in [3.8, 4) is 23.0 Å². The van der Waals surface area contributed by atoms with Gasteiger partial charge in [-0.05, 0) is 46.8 Å². The van der Waals surface area contributed by atoms with Gasteiger partial charge < -0.3 is 9.47 Å². The molecular weight excluding hydrogens is 284 g/mol. The highest BCUT2D eigenvalue weighted by atomic mass is 16.6. The number of hydrogen-bond donors (Lipinski definition) is 0. The third-order valence-corrected chi connectivity index (χ3v) is 4.41. The van der Waals surface area contributed by atoms with Crippen LogP contribution in [0.15, 0.2) is 66.7 Å². The van der Waals surface area contributed by atoms with Crippen LogP contribution in [0, 0.1) is 6.92 Å². The average Bonchev–Trinajstić information content (AvgIpc) is 2.59. The van der Waals surface area contributed by atoms with Crippen LogP contribution < -0.4 is 9.47 Å². The van der Waals surface area contributed by atoms with Gasteiger partial charge in [0.1, 0.15) is 0 Å². The molecule has 0 spiro atoms. The Morgan fingerprint density at radius 1 is 0.609 bits per heavy atom. The van der Waals surface area contributed by atoms with Gasteiger partial charge in [0, 0.05) is 5.39 Å². The van der Waals surface area contributed by atoms with E-state index in [0.717, 1.165) is 39.2 Å². The van der Waals surface area contributed by atoms with Gasteiger partial charge in [-0.1, -0.05) is 48.5 Å². The van der Waals surface area contributed by atoms with E-state index >= 15 is 0 Å². The number of hydrogen-bond acceptors (Lipinski definition) is 2. The first-order valence-electron chi connectivity index (χ1n) is 7.70. The molecule has 0 saturated heterocycles. The molecule has 110 valence electrons. The van der Waals surface area contributed by atoms with Gasteiger partial charge in [-0.25, -0.2) is 0 Å². The van der Waals surface area contributed by atoms with Crippen molar-refractivity contribution < 1.29 is 9.47 Å². The lowest BCUT2D eigenvalue weighted by atomic mass is 10.0. The quantitative estimate of drug-likeness (QED) is 0.339. The third-order valence-electron chi connectivity index (χ3n) is 4.41. The summed E-state index contributed by atoms with van der Waals surface area (Å²) < 4.78 is 12.4. The van der Waals surface area contributed by atoms with Gasteiger partial charge in [0.2, 0.25) is 0 Å². The van der Waals surface area contributed by atoms with E-state index < -0.39 is 0 Å². The molecule has 0 aromatic heterocycles. The summed E-state index contributed by atoms with van der Waals surface area (Å²) in [5.41, 5.74) is 1.19. The molecule has 0 aliphatic carbocycles. The summed E-state index contributed by atoms with van der Waals surface area (Å²) in [4.78, 5) is 0. The minimum Gasteiger partial charge on any atom is -0.449 e. The molecule has 2 nitrogen and oxygen atoms in total. The molecule has 4 aromatic carbocycles. The van der Waals surface area contributed by atoms with Crippen molar-refractivity contribution >= 4 is 21.5 Å². The normalized spacial score (nSPS) is 12.4. The van der Waals surface area contributed by atoms with Crippen LogP contribution in [0.5, 0.6) is 23.0 Å². The maximum atomic E-state index is 6.23. The van der Waals surface area contributed by atoms with Crippen molar-refractivity contribution in [1.29, 1.82) is 0 Å². The average molecular weight is 298 g/mol. The molecule has 1 aliphatic heterocycles. The first kappa shape index (κ1) is 12.5. The Hall–Kier alpha value is -3.00. The minimum atomic E-state index is 0.769. The van der Waals surface area contributed by atoms with Gasteiger partial charge in [0.15, 0.2) is 23.0 Å². The van der Waals surface area contributed by atoms with Crippen LogP contribution in [-0.2, 0) is 0 Å². The lowest BCUT2D eigenvalue weighted by molar-refractivity contribution is 0.364. The number of benzene rings is 4. The lowest BCUT2D eigenvalue weighted by Crippen LogP contribution is -2.00. The van der Waals surface area contributed by atoms with Crippen LogP contribution in [-0.4, -0.2) is 0 Å². The van der Waals surface area contributed by atoms with E-state index in [-0.39, 0.29) is 0 Å². The molecule has 0 radical (unpaired) electrons. The second-order valence-electron chi connectivity index (χ2n) is 5.92. The molecule has 5 rings (SSSR count). The number of rotatable bonds is 0. The molecular formula is C21H14O2. The predicted octanol–water partition coefficient (Wildman–Crippen LogP) is 6.20. The zero-order valence-electron chi connectivity index (χ0n) is 12.7. The molecule has 0 N–H and O–H groups in total. The Kier molecular flexibility index (Phi) is 2.45. The Morgan fingerprint density at radius 2 is 1.22 bits per heavy atom. The summed E-state index contributed by atoms with van der Waals surface area (Å²) in [5, 5.41) is 4.57. The molecule has 0 unspecified atom stereocenters. The Bertz CT molecular complexity index is 1080. The summed E-state index contributed by atoms with van der Waals surface area (Å²) >= 11 is 0. The molecule has 0 fully saturated rings. The van der Waals surface area contributed by atoms with Gasteiger partial charge in [-0.2, -0.15) is 0 Å². The highest BCUT2D eigenvalue weighted by Gasteiger charge is 2.22. The monoisotopic (exact) mass is 298 g/mol. The van der Waals surface area contributed by atoms with E-state index in [2.05, 4.69) is 37.3 Å². The molecule has 23 heavy (non-hydrogen) atoms. The van der Waals surface area contributed by atoms with Crippen LogP contribution >= 0.6 is 0 Å². The van der Waals surface area contributed by atoms with Crippen LogP contribution in [0.25, 0.3) is 21.5 Å². The van der Waals surface area contributed by atoms with Crippen LogP contribution in [0.1, 0.15) is 5.56 Å². The molecule has 1 heterocycles. The van der Waals surface area contributed by atoms with Crippen LogP contribution in [0.2, 0.25) is 0 Å². The fraction of sp³-hybridized carbons (Fsp3) is 0.0476.